The molecule has 0 aromatic heterocycles. The first kappa shape index (κ1) is 11.5. The van der Waals surface area contributed by atoms with Gasteiger partial charge in [0.25, 0.3) is 0 Å². The van der Waals surface area contributed by atoms with Crippen molar-refractivity contribution in [2.75, 3.05) is 13.7 Å². The van der Waals surface area contributed by atoms with Crippen molar-refractivity contribution in [1.82, 2.24) is 0 Å². The summed E-state index contributed by atoms with van der Waals surface area (Å²) >= 11 is 0. The molecule has 3 nitrogen and oxygen atoms in total. The number of nitrogens with two attached hydrogens (primary N) is 1. The molecule has 1 aliphatic carbocycles. The lowest BCUT2D eigenvalue weighted by Crippen LogP contribution is -2.31. The maximum absolute atomic E-state index is 5.99. The standard InChI is InChI=1S/C11H22N2O/c1-11(2,8-14-3)13-10(12)9-6-4-5-7-9/h9H,4-8H2,1-3H3,(H2,12,13). The molecule has 82 valence electrons. The highest BCUT2D eigenvalue weighted by molar-refractivity contribution is 5.83. The van der Waals surface area contributed by atoms with Crippen LogP contribution < -0.4 is 5.73 Å². The van der Waals surface area contributed by atoms with E-state index < -0.39 is 0 Å². The summed E-state index contributed by atoms with van der Waals surface area (Å²) in [5.41, 5.74) is 5.81. The fourth-order valence-electron chi connectivity index (χ4n) is 2.05. The number of nitrogens with zero attached hydrogens (tertiary/aromatic N) is 1. The number of aliphatic imine (C=N–C) groups is 1. The molecule has 3 heteroatoms. The van der Waals surface area contributed by atoms with Crippen LogP contribution in [-0.4, -0.2) is 25.1 Å². The zero-order chi connectivity index (χ0) is 10.6. The molecule has 1 saturated carbocycles. The van der Waals surface area contributed by atoms with E-state index in [9.17, 15) is 0 Å². The number of rotatable bonds is 4. The highest BCUT2D eigenvalue weighted by Gasteiger charge is 2.22. The summed E-state index contributed by atoms with van der Waals surface area (Å²) in [6.45, 7) is 4.73. The van der Waals surface area contributed by atoms with Gasteiger partial charge in [-0.3, -0.25) is 4.99 Å². The number of ether oxygens (including phenoxy) is 1. The number of methoxy groups -OCH3 is 1. The van der Waals surface area contributed by atoms with Crippen LogP contribution in [0.5, 0.6) is 0 Å². The molecule has 14 heavy (non-hydrogen) atoms. The monoisotopic (exact) mass is 198 g/mol. The van der Waals surface area contributed by atoms with Crippen molar-refractivity contribution in [2.45, 2.75) is 45.1 Å². The Morgan fingerprint density at radius 1 is 1.43 bits per heavy atom. The molecule has 0 aliphatic heterocycles. The molecule has 0 bridgehead atoms. The topological polar surface area (TPSA) is 47.6 Å². The van der Waals surface area contributed by atoms with Gasteiger partial charge in [0.2, 0.25) is 0 Å². The molecule has 0 atom stereocenters. The van der Waals surface area contributed by atoms with Gasteiger partial charge in [-0.1, -0.05) is 12.8 Å². The van der Waals surface area contributed by atoms with Gasteiger partial charge in [-0.25, -0.2) is 0 Å². The quantitative estimate of drug-likeness (QED) is 0.554. The van der Waals surface area contributed by atoms with Crippen LogP contribution in [-0.2, 0) is 4.74 Å². The van der Waals surface area contributed by atoms with Crippen molar-refractivity contribution >= 4 is 5.84 Å². The molecule has 0 spiro atoms. The number of amidine groups is 1. The lowest BCUT2D eigenvalue weighted by molar-refractivity contribution is 0.150. The van der Waals surface area contributed by atoms with Crippen molar-refractivity contribution in [3.05, 3.63) is 0 Å². The molecular weight excluding hydrogens is 176 g/mol. The lowest BCUT2D eigenvalue weighted by Gasteiger charge is -2.21. The SMILES string of the molecule is COCC(C)(C)N=C(N)C1CCCC1. The molecule has 1 aliphatic rings. The minimum absolute atomic E-state index is 0.179. The average molecular weight is 198 g/mol. The van der Waals surface area contributed by atoms with Gasteiger partial charge in [0, 0.05) is 13.0 Å². The third-order valence-electron chi connectivity index (χ3n) is 2.70. The second-order valence-electron chi connectivity index (χ2n) is 4.76. The molecule has 0 heterocycles. The Bertz CT molecular complexity index is 205. The van der Waals surface area contributed by atoms with Crippen LogP contribution >= 0.6 is 0 Å². The van der Waals surface area contributed by atoms with Gasteiger partial charge in [-0.05, 0) is 26.7 Å². The van der Waals surface area contributed by atoms with E-state index in [1.165, 1.54) is 25.7 Å². The normalized spacial score (nSPS) is 20.4. The maximum Gasteiger partial charge on any atom is 0.0976 e. The summed E-state index contributed by atoms with van der Waals surface area (Å²) in [7, 11) is 1.70. The van der Waals surface area contributed by atoms with Gasteiger partial charge in [0.05, 0.1) is 18.0 Å². The van der Waals surface area contributed by atoms with Crippen molar-refractivity contribution in [3.63, 3.8) is 0 Å². The number of hydrogen-bond acceptors (Lipinski definition) is 2. The lowest BCUT2D eigenvalue weighted by atomic mass is 10.0. The Balaban J connectivity index is 2.56. The first-order valence-corrected chi connectivity index (χ1v) is 5.39. The molecule has 0 saturated heterocycles. The fraction of sp³-hybridized carbons (Fsp3) is 0.909. The Kier molecular flexibility index (Phi) is 3.93. The van der Waals surface area contributed by atoms with Crippen LogP contribution in [0.3, 0.4) is 0 Å². The van der Waals surface area contributed by atoms with Gasteiger partial charge in [-0.2, -0.15) is 0 Å². The highest BCUT2D eigenvalue weighted by atomic mass is 16.5. The predicted molar refractivity (Wildman–Crippen MR) is 59.5 cm³/mol. The van der Waals surface area contributed by atoms with E-state index in [0.717, 1.165) is 5.84 Å². The first-order chi connectivity index (χ1) is 6.55. The molecule has 0 aromatic rings. The van der Waals surface area contributed by atoms with Crippen LogP contribution in [0.1, 0.15) is 39.5 Å². The van der Waals surface area contributed by atoms with Crippen LogP contribution in [0.25, 0.3) is 0 Å². The summed E-state index contributed by atoms with van der Waals surface area (Å²) in [5.74, 6) is 1.34. The van der Waals surface area contributed by atoms with E-state index >= 15 is 0 Å². The molecule has 0 radical (unpaired) electrons. The predicted octanol–water partition coefficient (Wildman–Crippen LogP) is 1.96. The van der Waals surface area contributed by atoms with Crippen LogP contribution in [0.15, 0.2) is 4.99 Å². The Morgan fingerprint density at radius 2 is 2.00 bits per heavy atom. The zero-order valence-electron chi connectivity index (χ0n) is 9.55. The summed E-state index contributed by atoms with van der Waals surface area (Å²) in [6.07, 6.45) is 5.01. The van der Waals surface area contributed by atoms with Gasteiger partial charge < -0.3 is 10.5 Å². The van der Waals surface area contributed by atoms with Crippen molar-refractivity contribution in [3.8, 4) is 0 Å². The van der Waals surface area contributed by atoms with E-state index in [1.54, 1.807) is 7.11 Å². The fourth-order valence-corrected chi connectivity index (χ4v) is 2.05. The van der Waals surface area contributed by atoms with Gasteiger partial charge in [0.15, 0.2) is 0 Å². The molecular formula is C11H22N2O. The smallest absolute Gasteiger partial charge is 0.0976 e. The molecule has 1 fully saturated rings. The minimum Gasteiger partial charge on any atom is -0.387 e. The Morgan fingerprint density at radius 3 is 2.50 bits per heavy atom. The van der Waals surface area contributed by atoms with Crippen molar-refractivity contribution in [2.24, 2.45) is 16.6 Å². The molecule has 2 N–H and O–H groups in total. The third-order valence-corrected chi connectivity index (χ3v) is 2.70. The van der Waals surface area contributed by atoms with Gasteiger partial charge >= 0.3 is 0 Å². The molecule has 0 amide bonds. The maximum atomic E-state index is 5.99. The highest BCUT2D eigenvalue weighted by Crippen LogP contribution is 2.25. The van der Waals surface area contributed by atoms with Gasteiger partial charge in [-0.15, -0.1) is 0 Å². The molecule has 0 unspecified atom stereocenters. The largest absolute Gasteiger partial charge is 0.387 e. The Hall–Kier alpha value is -0.570. The molecule has 1 rings (SSSR count). The van der Waals surface area contributed by atoms with E-state index in [2.05, 4.69) is 18.8 Å². The van der Waals surface area contributed by atoms with E-state index in [4.69, 9.17) is 10.5 Å². The summed E-state index contributed by atoms with van der Waals surface area (Å²) in [6, 6.07) is 0. The minimum atomic E-state index is -0.179. The Labute approximate surface area is 86.7 Å². The average Bonchev–Trinajstić information content (AvgIpc) is 2.53. The second kappa shape index (κ2) is 4.78. The summed E-state index contributed by atoms with van der Waals surface area (Å²) in [4.78, 5) is 4.55. The van der Waals surface area contributed by atoms with Crippen LogP contribution in [0, 0.1) is 5.92 Å². The number of hydrogen-bond donors (Lipinski definition) is 1. The van der Waals surface area contributed by atoms with E-state index in [0.29, 0.717) is 12.5 Å². The zero-order valence-corrected chi connectivity index (χ0v) is 9.55. The van der Waals surface area contributed by atoms with E-state index in [-0.39, 0.29) is 5.54 Å². The molecule has 0 aromatic carbocycles. The second-order valence-corrected chi connectivity index (χ2v) is 4.76. The van der Waals surface area contributed by atoms with Gasteiger partial charge in [0.1, 0.15) is 0 Å². The van der Waals surface area contributed by atoms with E-state index in [1.807, 2.05) is 0 Å². The van der Waals surface area contributed by atoms with Crippen molar-refractivity contribution in [1.29, 1.82) is 0 Å². The third kappa shape index (κ3) is 3.29. The van der Waals surface area contributed by atoms with Crippen LogP contribution in [0.2, 0.25) is 0 Å². The first-order valence-electron chi connectivity index (χ1n) is 5.39. The van der Waals surface area contributed by atoms with Crippen LogP contribution in [0.4, 0.5) is 0 Å². The summed E-state index contributed by atoms with van der Waals surface area (Å²) in [5, 5.41) is 0. The van der Waals surface area contributed by atoms with Crippen molar-refractivity contribution < 1.29 is 4.74 Å². The summed E-state index contributed by atoms with van der Waals surface area (Å²) < 4.78 is 5.11.